The Hall–Kier alpha value is -3.80. The predicted molar refractivity (Wildman–Crippen MR) is 171 cm³/mol. The van der Waals surface area contributed by atoms with Crippen LogP contribution in [0.2, 0.25) is 0 Å². The molecule has 3 aromatic carbocycles. The van der Waals surface area contributed by atoms with Gasteiger partial charge in [-0.25, -0.2) is 4.79 Å². The van der Waals surface area contributed by atoms with Gasteiger partial charge < -0.3 is 15.1 Å². The number of unbranched alkanes of at least 4 members (excludes halogenated alkanes) is 4. The van der Waals surface area contributed by atoms with Crippen molar-refractivity contribution in [2.24, 2.45) is 5.92 Å². The summed E-state index contributed by atoms with van der Waals surface area (Å²) in [5.41, 5.74) is 5.62. The fourth-order valence-electron chi connectivity index (χ4n) is 5.40. The van der Waals surface area contributed by atoms with E-state index >= 15 is 0 Å². The Balaban J connectivity index is 1.42. The molecular formula is C35H46N4O2. The van der Waals surface area contributed by atoms with Gasteiger partial charge in [0.05, 0.1) is 11.3 Å². The molecule has 0 saturated carbocycles. The number of piperidine rings is 1. The van der Waals surface area contributed by atoms with Crippen molar-refractivity contribution in [2.75, 3.05) is 43.5 Å². The highest BCUT2D eigenvalue weighted by molar-refractivity contribution is 6.00. The molecule has 0 radical (unpaired) electrons. The number of nitrogens with zero attached hydrogens (tertiary/aromatic N) is 3. The highest BCUT2D eigenvalue weighted by Crippen LogP contribution is 2.31. The molecule has 4 rings (SSSR count). The highest BCUT2D eigenvalue weighted by atomic mass is 16.2. The second-order valence-corrected chi connectivity index (χ2v) is 11.4. The van der Waals surface area contributed by atoms with E-state index in [0.717, 1.165) is 72.5 Å². The van der Waals surface area contributed by atoms with E-state index in [4.69, 9.17) is 0 Å². The van der Waals surface area contributed by atoms with Crippen LogP contribution in [-0.4, -0.2) is 50.6 Å². The molecule has 0 bridgehead atoms. The maximum atomic E-state index is 13.4. The quantitative estimate of drug-likeness (QED) is 0.244. The Labute approximate surface area is 246 Å². The van der Waals surface area contributed by atoms with Crippen molar-refractivity contribution >= 4 is 29.0 Å². The molecule has 1 heterocycles. The number of carbonyl (C=O) groups is 2. The lowest BCUT2D eigenvalue weighted by atomic mass is 9.98. The van der Waals surface area contributed by atoms with Gasteiger partial charge in [-0.2, -0.15) is 0 Å². The summed E-state index contributed by atoms with van der Waals surface area (Å²) in [6.45, 7) is 6.81. The molecule has 1 aliphatic rings. The monoisotopic (exact) mass is 554 g/mol. The van der Waals surface area contributed by atoms with Crippen molar-refractivity contribution in [3.63, 3.8) is 0 Å². The van der Waals surface area contributed by atoms with Crippen molar-refractivity contribution in [2.45, 2.75) is 58.8 Å². The summed E-state index contributed by atoms with van der Waals surface area (Å²) in [6.07, 6.45) is 7.98. The number of anilines is 3. The van der Waals surface area contributed by atoms with Crippen LogP contribution in [-0.2, 0) is 0 Å². The molecule has 1 aliphatic heterocycles. The van der Waals surface area contributed by atoms with Crippen molar-refractivity contribution < 1.29 is 9.59 Å². The van der Waals surface area contributed by atoms with Gasteiger partial charge in [0, 0.05) is 45.1 Å². The Morgan fingerprint density at radius 1 is 0.829 bits per heavy atom. The number of urea groups is 1. The second-order valence-electron chi connectivity index (χ2n) is 11.4. The number of hydrogen-bond donors (Lipinski definition) is 1. The predicted octanol–water partition coefficient (Wildman–Crippen LogP) is 8.11. The SMILES string of the molecule is CCCCCCCNC(=O)N(C)c1cccc(-c2ccc(N(C)c3ccccc3C(=O)N3CCC(C)CC3)cc2)c1. The van der Waals surface area contributed by atoms with Crippen LogP contribution in [0.15, 0.2) is 72.8 Å². The molecule has 0 spiro atoms. The summed E-state index contributed by atoms with van der Waals surface area (Å²) in [5.74, 6) is 0.788. The summed E-state index contributed by atoms with van der Waals surface area (Å²) < 4.78 is 0. The summed E-state index contributed by atoms with van der Waals surface area (Å²) in [5, 5.41) is 3.04. The first-order chi connectivity index (χ1) is 19.9. The van der Waals surface area contributed by atoms with Gasteiger partial charge in [0.2, 0.25) is 0 Å². The first-order valence-corrected chi connectivity index (χ1v) is 15.2. The first-order valence-electron chi connectivity index (χ1n) is 15.2. The number of benzene rings is 3. The molecular weight excluding hydrogens is 508 g/mol. The third-order valence-corrected chi connectivity index (χ3v) is 8.25. The standard InChI is InChI=1S/C35H46N4O2/c1-5-6-7-8-11-23-36-35(41)38(4)31-14-12-13-29(26-31)28-17-19-30(20-18-28)37(3)33-16-10-9-15-32(33)34(40)39-24-21-27(2)22-25-39/h9-10,12-20,26-27H,5-8,11,21-25H2,1-4H3,(H,36,41). The zero-order valence-corrected chi connectivity index (χ0v) is 25.2. The number of nitrogens with one attached hydrogen (secondary N) is 1. The van der Waals surface area contributed by atoms with Crippen molar-refractivity contribution in [3.8, 4) is 11.1 Å². The van der Waals surface area contributed by atoms with Crippen LogP contribution in [0.5, 0.6) is 0 Å². The Morgan fingerprint density at radius 2 is 1.54 bits per heavy atom. The number of para-hydroxylation sites is 1. The molecule has 0 aliphatic carbocycles. The minimum atomic E-state index is -0.0816. The Kier molecular flexibility index (Phi) is 10.8. The van der Waals surface area contributed by atoms with Gasteiger partial charge >= 0.3 is 6.03 Å². The topological polar surface area (TPSA) is 55.9 Å². The van der Waals surface area contributed by atoms with E-state index in [2.05, 4.69) is 54.4 Å². The fourth-order valence-corrected chi connectivity index (χ4v) is 5.40. The molecule has 3 amide bonds. The summed E-state index contributed by atoms with van der Waals surface area (Å²) in [6, 6.07) is 24.2. The molecule has 1 N–H and O–H groups in total. The van der Waals surface area contributed by atoms with Crippen molar-refractivity contribution in [1.82, 2.24) is 10.2 Å². The van der Waals surface area contributed by atoms with E-state index in [1.54, 1.807) is 4.90 Å². The minimum absolute atomic E-state index is 0.0816. The van der Waals surface area contributed by atoms with Gasteiger partial charge in [-0.05, 0) is 72.7 Å². The van der Waals surface area contributed by atoms with Crippen molar-refractivity contribution in [3.05, 3.63) is 78.4 Å². The molecule has 6 nitrogen and oxygen atoms in total. The highest BCUT2D eigenvalue weighted by Gasteiger charge is 2.24. The van der Waals surface area contributed by atoms with Gasteiger partial charge in [0.1, 0.15) is 0 Å². The van der Waals surface area contributed by atoms with E-state index < -0.39 is 0 Å². The molecule has 1 fully saturated rings. The normalized spacial score (nSPS) is 13.6. The smallest absolute Gasteiger partial charge is 0.321 e. The van der Waals surface area contributed by atoms with Gasteiger partial charge in [-0.15, -0.1) is 0 Å². The largest absolute Gasteiger partial charge is 0.344 e. The van der Waals surface area contributed by atoms with Crippen LogP contribution in [0.1, 0.15) is 69.2 Å². The van der Waals surface area contributed by atoms with E-state index in [0.29, 0.717) is 12.5 Å². The lowest BCUT2D eigenvalue weighted by Crippen LogP contribution is -2.38. The summed E-state index contributed by atoms with van der Waals surface area (Å²) in [7, 11) is 3.82. The van der Waals surface area contributed by atoms with Gasteiger partial charge in [-0.3, -0.25) is 9.69 Å². The van der Waals surface area contributed by atoms with Crippen molar-refractivity contribution in [1.29, 1.82) is 0 Å². The molecule has 1 saturated heterocycles. The summed E-state index contributed by atoms with van der Waals surface area (Å²) >= 11 is 0. The molecule has 41 heavy (non-hydrogen) atoms. The van der Waals surface area contributed by atoms with Crippen LogP contribution >= 0.6 is 0 Å². The Morgan fingerprint density at radius 3 is 2.27 bits per heavy atom. The number of amides is 3. The maximum Gasteiger partial charge on any atom is 0.321 e. The molecule has 0 aromatic heterocycles. The zero-order valence-electron chi connectivity index (χ0n) is 25.2. The van der Waals surface area contributed by atoms with E-state index in [1.165, 1.54) is 19.3 Å². The maximum absolute atomic E-state index is 13.4. The van der Waals surface area contributed by atoms with Crippen LogP contribution in [0.3, 0.4) is 0 Å². The third-order valence-electron chi connectivity index (χ3n) is 8.25. The number of carbonyl (C=O) groups excluding carboxylic acids is 2. The van der Waals surface area contributed by atoms with E-state index in [-0.39, 0.29) is 11.9 Å². The van der Waals surface area contributed by atoms with Crippen LogP contribution < -0.4 is 15.1 Å². The lowest BCUT2D eigenvalue weighted by molar-refractivity contribution is 0.0698. The van der Waals surface area contributed by atoms with E-state index in [1.807, 2.05) is 61.5 Å². The average Bonchev–Trinajstić information content (AvgIpc) is 3.02. The van der Waals surface area contributed by atoms with Gasteiger partial charge in [0.15, 0.2) is 0 Å². The summed E-state index contributed by atoms with van der Waals surface area (Å²) in [4.78, 5) is 31.9. The Bertz CT molecular complexity index is 1280. The van der Waals surface area contributed by atoms with E-state index in [9.17, 15) is 9.59 Å². The zero-order chi connectivity index (χ0) is 29.2. The minimum Gasteiger partial charge on any atom is -0.344 e. The molecule has 6 heteroatoms. The van der Waals surface area contributed by atoms with Crippen LogP contribution in [0.4, 0.5) is 21.9 Å². The number of hydrogen-bond acceptors (Lipinski definition) is 3. The first kappa shape index (κ1) is 30.2. The number of rotatable bonds is 11. The number of likely N-dealkylation sites (tertiary alicyclic amines) is 1. The van der Waals surface area contributed by atoms with Crippen LogP contribution in [0, 0.1) is 5.92 Å². The van der Waals surface area contributed by atoms with Gasteiger partial charge in [-0.1, -0.05) is 75.9 Å². The fraction of sp³-hybridized carbons (Fsp3) is 0.429. The van der Waals surface area contributed by atoms with Gasteiger partial charge in [0.25, 0.3) is 5.91 Å². The molecule has 3 aromatic rings. The average molecular weight is 555 g/mol. The van der Waals surface area contributed by atoms with Crippen LogP contribution in [0.25, 0.3) is 11.1 Å². The molecule has 0 unspecified atom stereocenters. The third kappa shape index (κ3) is 7.90. The molecule has 0 atom stereocenters. The molecule has 218 valence electrons. The lowest BCUT2D eigenvalue weighted by Gasteiger charge is -2.32. The second kappa shape index (κ2) is 14.7.